The maximum Gasteiger partial charge on any atom is 0.416 e. The van der Waals surface area contributed by atoms with Crippen molar-refractivity contribution in [2.45, 2.75) is 18.5 Å². The number of hydrogen-bond acceptors (Lipinski definition) is 1. The molecule has 0 saturated heterocycles. The molecule has 1 aromatic rings. The first-order valence-electron chi connectivity index (χ1n) is 4.14. The first-order chi connectivity index (χ1) is 6.82. The van der Waals surface area contributed by atoms with E-state index >= 15 is 0 Å². The second kappa shape index (κ2) is 4.23. The summed E-state index contributed by atoms with van der Waals surface area (Å²) in [5.74, 6) is -0.379. The Balaban J connectivity index is 3.08. The SMILES string of the molecule is CC(=O)C(Cl)c1cccc(C(F)(F)F)c1. The molecule has 0 spiro atoms. The summed E-state index contributed by atoms with van der Waals surface area (Å²) in [6.45, 7) is 1.23. The predicted molar refractivity (Wildman–Crippen MR) is 50.7 cm³/mol. The van der Waals surface area contributed by atoms with E-state index < -0.39 is 17.1 Å². The van der Waals surface area contributed by atoms with Crippen molar-refractivity contribution in [3.8, 4) is 0 Å². The van der Waals surface area contributed by atoms with E-state index in [0.717, 1.165) is 12.1 Å². The lowest BCUT2D eigenvalue weighted by Gasteiger charge is -2.10. The first kappa shape index (κ1) is 12.0. The van der Waals surface area contributed by atoms with Crippen molar-refractivity contribution in [2.75, 3.05) is 0 Å². The van der Waals surface area contributed by atoms with E-state index in [9.17, 15) is 18.0 Å². The Morgan fingerprint density at radius 2 is 2.00 bits per heavy atom. The normalized spacial score (nSPS) is 13.7. The minimum absolute atomic E-state index is 0.166. The Kier molecular flexibility index (Phi) is 3.39. The molecule has 1 unspecified atom stereocenters. The summed E-state index contributed by atoms with van der Waals surface area (Å²) < 4.78 is 36.9. The number of hydrogen-bond donors (Lipinski definition) is 0. The van der Waals surface area contributed by atoms with Crippen LogP contribution in [0.5, 0.6) is 0 Å². The lowest BCUT2D eigenvalue weighted by atomic mass is 10.1. The third kappa shape index (κ3) is 2.96. The number of ketones is 1. The van der Waals surface area contributed by atoms with Crippen molar-refractivity contribution >= 4 is 17.4 Å². The van der Waals surface area contributed by atoms with Crippen LogP contribution in [0.3, 0.4) is 0 Å². The number of halogens is 4. The summed E-state index contributed by atoms with van der Waals surface area (Å²) >= 11 is 5.65. The van der Waals surface area contributed by atoms with Crippen LogP contribution < -0.4 is 0 Å². The zero-order valence-electron chi connectivity index (χ0n) is 7.81. The average Bonchev–Trinajstić information content (AvgIpc) is 2.15. The van der Waals surface area contributed by atoms with Crippen LogP contribution in [0.1, 0.15) is 23.4 Å². The van der Waals surface area contributed by atoms with Crippen LogP contribution in [-0.4, -0.2) is 5.78 Å². The Morgan fingerprint density at radius 3 is 2.47 bits per heavy atom. The van der Waals surface area contributed by atoms with E-state index in [1.54, 1.807) is 0 Å². The lowest BCUT2D eigenvalue weighted by molar-refractivity contribution is -0.137. The van der Waals surface area contributed by atoms with Gasteiger partial charge in [0.25, 0.3) is 0 Å². The van der Waals surface area contributed by atoms with E-state index in [0.29, 0.717) is 0 Å². The topological polar surface area (TPSA) is 17.1 Å². The van der Waals surface area contributed by atoms with Crippen molar-refractivity contribution < 1.29 is 18.0 Å². The van der Waals surface area contributed by atoms with E-state index in [1.807, 2.05) is 0 Å². The first-order valence-corrected chi connectivity index (χ1v) is 4.57. The van der Waals surface area contributed by atoms with E-state index in [-0.39, 0.29) is 11.3 Å². The van der Waals surface area contributed by atoms with Crippen molar-refractivity contribution in [1.82, 2.24) is 0 Å². The molecule has 1 atom stereocenters. The highest BCUT2D eigenvalue weighted by molar-refractivity contribution is 6.30. The Labute approximate surface area is 89.9 Å². The number of benzene rings is 1. The van der Waals surface area contributed by atoms with Crippen molar-refractivity contribution in [2.24, 2.45) is 0 Å². The Morgan fingerprint density at radius 1 is 1.40 bits per heavy atom. The quantitative estimate of drug-likeness (QED) is 0.718. The van der Waals surface area contributed by atoms with Crippen LogP contribution in [0.25, 0.3) is 0 Å². The monoisotopic (exact) mass is 236 g/mol. The molecule has 0 aliphatic heterocycles. The molecule has 82 valence electrons. The van der Waals surface area contributed by atoms with Gasteiger partial charge >= 0.3 is 6.18 Å². The van der Waals surface area contributed by atoms with Crippen LogP contribution in [0, 0.1) is 0 Å². The number of Topliss-reactive ketones (excluding diaryl/α,β-unsaturated/α-hetero) is 1. The molecule has 5 heteroatoms. The minimum Gasteiger partial charge on any atom is -0.298 e. The Bertz CT molecular complexity index is 373. The van der Waals surface area contributed by atoms with Crippen LogP contribution in [0.2, 0.25) is 0 Å². The molecule has 0 radical (unpaired) electrons. The van der Waals surface area contributed by atoms with Gasteiger partial charge in [0.1, 0.15) is 5.38 Å². The molecule has 15 heavy (non-hydrogen) atoms. The van der Waals surface area contributed by atoms with Gasteiger partial charge in [-0.1, -0.05) is 12.1 Å². The van der Waals surface area contributed by atoms with Gasteiger partial charge in [-0.2, -0.15) is 13.2 Å². The molecule has 0 N–H and O–H groups in total. The van der Waals surface area contributed by atoms with Gasteiger partial charge in [-0.05, 0) is 24.6 Å². The lowest BCUT2D eigenvalue weighted by Crippen LogP contribution is -2.07. The molecule has 0 aliphatic rings. The number of carbonyl (C=O) groups excluding carboxylic acids is 1. The standard InChI is InChI=1S/C10H8ClF3O/c1-6(15)9(11)7-3-2-4-8(5-7)10(12,13)14/h2-5,9H,1H3. The number of alkyl halides is 4. The third-order valence-corrected chi connectivity index (χ3v) is 2.42. The van der Waals surface area contributed by atoms with Gasteiger partial charge in [0.15, 0.2) is 5.78 Å². The maximum absolute atomic E-state index is 12.3. The second-order valence-corrected chi connectivity index (χ2v) is 3.53. The van der Waals surface area contributed by atoms with Gasteiger partial charge in [0.2, 0.25) is 0 Å². The molecule has 1 aromatic carbocycles. The highest BCUT2D eigenvalue weighted by atomic mass is 35.5. The molecule has 1 nitrogen and oxygen atoms in total. The van der Waals surface area contributed by atoms with E-state index in [1.165, 1.54) is 19.1 Å². The largest absolute Gasteiger partial charge is 0.416 e. The van der Waals surface area contributed by atoms with E-state index in [2.05, 4.69) is 0 Å². The molecule has 0 fully saturated rings. The number of carbonyl (C=O) groups is 1. The van der Waals surface area contributed by atoms with Crippen LogP contribution in [0.4, 0.5) is 13.2 Å². The molecular weight excluding hydrogens is 229 g/mol. The summed E-state index contributed by atoms with van der Waals surface area (Å²) in [5, 5.41) is -1.02. The van der Waals surface area contributed by atoms with Gasteiger partial charge in [-0.3, -0.25) is 4.79 Å². The summed E-state index contributed by atoms with van der Waals surface area (Å²) in [6.07, 6.45) is -4.41. The van der Waals surface area contributed by atoms with Crippen molar-refractivity contribution in [3.63, 3.8) is 0 Å². The van der Waals surface area contributed by atoms with Gasteiger partial charge in [0, 0.05) is 0 Å². The molecular formula is C10H8ClF3O. The van der Waals surface area contributed by atoms with Crippen LogP contribution in [-0.2, 0) is 11.0 Å². The molecule has 0 aromatic heterocycles. The average molecular weight is 237 g/mol. The molecule has 0 bridgehead atoms. The van der Waals surface area contributed by atoms with Gasteiger partial charge in [-0.25, -0.2) is 0 Å². The zero-order valence-corrected chi connectivity index (χ0v) is 8.56. The van der Waals surface area contributed by atoms with Crippen LogP contribution >= 0.6 is 11.6 Å². The fraction of sp³-hybridized carbons (Fsp3) is 0.300. The zero-order chi connectivity index (χ0) is 11.6. The predicted octanol–water partition coefficient (Wildman–Crippen LogP) is 3.57. The van der Waals surface area contributed by atoms with Crippen molar-refractivity contribution in [1.29, 1.82) is 0 Å². The molecule has 0 heterocycles. The van der Waals surface area contributed by atoms with Crippen molar-refractivity contribution in [3.05, 3.63) is 35.4 Å². The molecule has 0 amide bonds. The van der Waals surface area contributed by atoms with Gasteiger partial charge in [0.05, 0.1) is 5.56 Å². The smallest absolute Gasteiger partial charge is 0.298 e. The van der Waals surface area contributed by atoms with Gasteiger partial charge in [-0.15, -0.1) is 11.6 Å². The molecule has 1 rings (SSSR count). The maximum atomic E-state index is 12.3. The Hall–Kier alpha value is -1.03. The highest BCUT2D eigenvalue weighted by Crippen LogP contribution is 2.32. The fourth-order valence-corrected chi connectivity index (χ4v) is 1.24. The summed E-state index contributed by atoms with van der Waals surface area (Å²) in [4.78, 5) is 10.9. The van der Waals surface area contributed by atoms with E-state index in [4.69, 9.17) is 11.6 Å². The summed E-state index contributed by atoms with van der Waals surface area (Å²) in [6, 6.07) is 4.46. The van der Waals surface area contributed by atoms with Crippen LogP contribution in [0.15, 0.2) is 24.3 Å². The third-order valence-electron chi connectivity index (χ3n) is 1.86. The fourth-order valence-electron chi connectivity index (χ4n) is 1.11. The molecule has 0 aliphatic carbocycles. The van der Waals surface area contributed by atoms with Gasteiger partial charge < -0.3 is 0 Å². The molecule has 0 saturated carbocycles. The minimum atomic E-state index is -4.41. The second-order valence-electron chi connectivity index (χ2n) is 3.10. The number of rotatable bonds is 2. The summed E-state index contributed by atoms with van der Waals surface area (Å²) in [5.41, 5.74) is -0.633. The summed E-state index contributed by atoms with van der Waals surface area (Å²) in [7, 11) is 0. The highest BCUT2D eigenvalue weighted by Gasteiger charge is 2.31.